The molecule has 0 amide bonds. The molecule has 2 rings (SSSR count). The summed E-state index contributed by atoms with van der Waals surface area (Å²) in [6.07, 6.45) is -0.584. The molecule has 2 N–H and O–H groups in total. The highest BCUT2D eigenvalue weighted by atomic mass is 79.9. The molecular formula is C16H17BrClNO2. The van der Waals surface area contributed by atoms with E-state index in [0.717, 1.165) is 15.7 Å². The fourth-order valence-electron chi connectivity index (χ4n) is 1.81. The minimum absolute atomic E-state index is 0.278. The highest BCUT2D eigenvalue weighted by Gasteiger charge is 2.06. The number of ether oxygens (including phenoxy) is 1. The quantitative estimate of drug-likeness (QED) is 0.771. The Labute approximate surface area is 138 Å². The van der Waals surface area contributed by atoms with Crippen LogP contribution in [0.3, 0.4) is 0 Å². The van der Waals surface area contributed by atoms with Gasteiger partial charge in [-0.3, -0.25) is 0 Å². The number of hydrogen-bond acceptors (Lipinski definition) is 3. The second-order valence-electron chi connectivity index (χ2n) is 4.66. The van der Waals surface area contributed by atoms with Crippen molar-refractivity contribution in [2.75, 3.05) is 18.5 Å². The zero-order chi connectivity index (χ0) is 15.1. The van der Waals surface area contributed by atoms with E-state index in [1.54, 1.807) is 6.07 Å². The normalized spacial score (nSPS) is 12.1. The molecule has 0 aromatic heterocycles. The summed E-state index contributed by atoms with van der Waals surface area (Å²) in [6.45, 7) is 1.17. The van der Waals surface area contributed by atoms with Gasteiger partial charge in [-0.05, 0) is 39.7 Å². The van der Waals surface area contributed by atoms with Gasteiger partial charge in [-0.2, -0.15) is 0 Å². The number of anilines is 1. The molecule has 0 saturated heterocycles. The molecule has 0 radical (unpaired) electrons. The van der Waals surface area contributed by atoms with Crippen molar-refractivity contribution in [3.63, 3.8) is 0 Å². The smallest absolute Gasteiger partial charge is 0.0945 e. The van der Waals surface area contributed by atoms with Crippen LogP contribution in [0.4, 0.5) is 5.69 Å². The summed E-state index contributed by atoms with van der Waals surface area (Å²) in [5.74, 6) is 0. The number of rotatable bonds is 7. The molecule has 0 bridgehead atoms. The van der Waals surface area contributed by atoms with Crippen LogP contribution >= 0.6 is 27.5 Å². The van der Waals surface area contributed by atoms with Crippen molar-refractivity contribution < 1.29 is 9.84 Å². The van der Waals surface area contributed by atoms with Gasteiger partial charge in [0.25, 0.3) is 0 Å². The van der Waals surface area contributed by atoms with Gasteiger partial charge in [0.2, 0.25) is 0 Å². The van der Waals surface area contributed by atoms with Crippen LogP contribution < -0.4 is 5.32 Å². The van der Waals surface area contributed by atoms with Crippen LogP contribution in [-0.2, 0) is 11.3 Å². The Hall–Kier alpha value is -1.07. The van der Waals surface area contributed by atoms with Crippen molar-refractivity contribution in [1.82, 2.24) is 0 Å². The zero-order valence-corrected chi connectivity index (χ0v) is 13.8. The van der Waals surface area contributed by atoms with E-state index in [1.165, 1.54) is 0 Å². The lowest BCUT2D eigenvalue weighted by molar-refractivity contribution is 0.0348. The summed E-state index contributed by atoms with van der Waals surface area (Å²) >= 11 is 9.37. The summed E-state index contributed by atoms with van der Waals surface area (Å²) in [6, 6.07) is 15.4. The molecule has 21 heavy (non-hydrogen) atoms. The van der Waals surface area contributed by atoms with E-state index >= 15 is 0 Å². The summed E-state index contributed by atoms with van der Waals surface area (Å²) < 4.78 is 6.40. The Kier molecular flexibility index (Phi) is 6.51. The molecule has 1 atom stereocenters. The van der Waals surface area contributed by atoms with Crippen molar-refractivity contribution in [3.8, 4) is 0 Å². The van der Waals surface area contributed by atoms with Gasteiger partial charge in [-0.1, -0.05) is 41.9 Å². The number of aliphatic hydroxyl groups is 1. The van der Waals surface area contributed by atoms with Gasteiger partial charge in [-0.15, -0.1) is 0 Å². The number of benzene rings is 2. The molecule has 0 saturated carbocycles. The predicted molar refractivity (Wildman–Crippen MR) is 89.7 cm³/mol. The number of aliphatic hydroxyl groups excluding tert-OH is 1. The number of nitrogens with one attached hydrogen (secondary N) is 1. The maximum atomic E-state index is 9.91. The maximum Gasteiger partial charge on any atom is 0.0945 e. The first kappa shape index (κ1) is 16.3. The average Bonchev–Trinajstić information content (AvgIpc) is 2.49. The first-order chi connectivity index (χ1) is 10.1. The summed E-state index contributed by atoms with van der Waals surface area (Å²) in [4.78, 5) is 0. The van der Waals surface area contributed by atoms with Gasteiger partial charge in [0.15, 0.2) is 0 Å². The van der Waals surface area contributed by atoms with E-state index in [4.69, 9.17) is 16.3 Å². The van der Waals surface area contributed by atoms with Crippen molar-refractivity contribution in [1.29, 1.82) is 0 Å². The lowest BCUT2D eigenvalue weighted by Crippen LogP contribution is -2.24. The van der Waals surface area contributed by atoms with E-state index in [1.807, 2.05) is 42.5 Å². The minimum Gasteiger partial charge on any atom is -0.389 e. The lowest BCUT2D eigenvalue weighted by Gasteiger charge is -2.14. The fraction of sp³-hybridized carbons (Fsp3) is 0.250. The maximum absolute atomic E-state index is 9.91. The van der Waals surface area contributed by atoms with Crippen LogP contribution in [-0.4, -0.2) is 24.4 Å². The summed E-state index contributed by atoms with van der Waals surface area (Å²) in [7, 11) is 0. The first-order valence-electron chi connectivity index (χ1n) is 6.64. The molecule has 0 aliphatic rings. The highest BCUT2D eigenvalue weighted by molar-refractivity contribution is 9.10. The lowest BCUT2D eigenvalue weighted by atomic mass is 10.2. The van der Waals surface area contributed by atoms with E-state index < -0.39 is 6.10 Å². The van der Waals surface area contributed by atoms with Crippen LogP contribution in [0.5, 0.6) is 0 Å². The number of hydrogen-bond donors (Lipinski definition) is 2. The summed E-state index contributed by atoms with van der Waals surface area (Å²) in [5, 5.41) is 13.7. The molecule has 5 heteroatoms. The molecule has 0 aliphatic carbocycles. The molecule has 3 nitrogen and oxygen atoms in total. The second kappa shape index (κ2) is 8.39. The largest absolute Gasteiger partial charge is 0.389 e. The van der Waals surface area contributed by atoms with E-state index in [9.17, 15) is 5.11 Å². The van der Waals surface area contributed by atoms with Gasteiger partial charge < -0.3 is 15.2 Å². The molecule has 2 aromatic carbocycles. The molecular weight excluding hydrogens is 354 g/mol. The standard InChI is InChI=1S/C16H17BrClNO2/c17-15-7-6-13(18)8-16(15)19-9-14(20)11-21-10-12-4-2-1-3-5-12/h1-8,14,19-20H,9-11H2. The third kappa shape index (κ3) is 5.67. The SMILES string of the molecule is OC(CNc1cc(Cl)ccc1Br)COCc1ccccc1. The molecule has 1 unspecified atom stereocenters. The van der Waals surface area contributed by atoms with E-state index in [-0.39, 0.29) is 6.61 Å². The highest BCUT2D eigenvalue weighted by Crippen LogP contribution is 2.25. The molecule has 112 valence electrons. The Bertz CT molecular complexity index is 565. The van der Waals surface area contributed by atoms with Crippen molar-refractivity contribution in [2.24, 2.45) is 0 Å². The monoisotopic (exact) mass is 369 g/mol. The molecule has 0 fully saturated rings. The van der Waals surface area contributed by atoms with E-state index in [2.05, 4.69) is 21.2 Å². The third-order valence-corrected chi connectivity index (χ3v) is 3.80. The van der Waals surface area contributed by atoms with Crippen molar-refractivity contribution in [2.45, 2.75) is 12.7 Å². The first-order valence-corrected chi connectivity index (χ1v) is 7.81. The minimum atomic E-state index is -0.584. The zero-order valence-electron chi connectivity index (χ0n) is 11.4. The molecule has 0 aliphatic heterocycles. The third-order valence-electron chi connectivity index (χ3n) is 2.88. The van der Waals surface area contributed by atoms with Crippen LogP contribution in [0.2, 0.25) is 5.02 Å². The fourth-order valence-corrected chi connectivity index (χ4v) is 2.37. The molecule has 0 heterocycles. The Morgan fingerprint density at radius 1 is 1.19 bits per heavy atom. The van der Waals surface area contributed by atoms with Gasteiger partial charge in [0.1, 0.15) is 0 Å². The average molecular weight is 371 g/mol. The van der Waals surface area contributed by atoms with Gasteiger partial charge in [-0.25, -0.2) is 0 Å². The second-order valence-corrected chi connectivity index (χ2v) is 5.95. The Morgan fingerprint density at radius 2 is 1.95 bits per heavy atom. The van der Waals surface area contributed by atoms with Crippen molar-refractivity contribution >= 4 is 33.2 Å². The Morgan fingerprint density at radius 3 is 2.71 bits per heavy atom. The van der Waals surface area contributed by atoms with E-state index in [0.29, 0.717) is 18.2 Å². The van der Waals surface area contributed by atoms with Crippen LogP contribution in [0, 0.1) is 0 Å². The van der Waals surface area contributed by atoms with Crippen LogP contribution in [0.1, 0.15) is 5.56 Å². The van der Waals surface area contributed by atoms with Crippen LogP contribution in [0.15, 0.2) is 53.0 Å². The predicted octanol–water partition coefficient (Wildman–Crippen LogP) is 4.09. The van der Waals surface area contributed by atoms with Gasteiger partial charge >= 0.3 is 0 Å². The number of halogens is 2. The molecule has 2 aromatic rings. The summed E-state index contributed by atoms with van der Waals surface area (Å²) in [5.41, 5.74) is 1.94. The van der Waals surface area contributed by atoms with Crippen molar-refractivity contribution in [3.05, 3.63) is 63.6 Å². The molecule has 0 spiro atoms. The van der Waals surface area contributed by atoms with Gasteiger partial charge in [0.05, 0.1) is 19.3 Å². The van der Waals surface area contributed by atoms with Gasteiger partial charge in [0, 0.05) is 21.7 Å². The Balaban J connectivity index is 1.72. The topological polar surface area (TPSA) is 41.5 Å². The van der Waals surface area contributed by atoms with Crippen LogP contribution in [0.25, 0.3) is 0 Å².